The Morgan fingerprint density at radius 3 is 1.40 bits per heavy atom. The second-order valence-electron chi connectivity index (χ2n) is 19.7. The van der Waals surface area contributed by atoms with Crippen LogP contribution in [0, 0.1) is 0 Å². The molecule has 9 nitrogen and oxygen atoms in total. The maximum absolute atomic E-state index is 13.4. The molecule has 0 bridgehead atoms. The molecule has 2 N–H and O–H groups in total. The van der Waals surface area contributed by atoms with Crippen molar-refractivity contribution in [2.75, 3.05) is 40.9 Å². The molecule has 402 valence electrons. The minimum absolute atomic E-state index is 0.0202. The van der Waals surface area contributed by atoms with Crippen LogP contribution in [0.15, 0.2) is 97.2 Å². The molecule has 0 aromatic rings. The van der Waals surface area contributed by atoms with Gasteiger partial charge in [0, 0.05) is 12.8 Å². The summed E-state index contributed by atoms with van der Waals surface area (Å²) >= 11 is 0. The van der Waals surface area contributed by atoms with E-state index >= 15 is 0 Å². The van der Waals surface area contributed by atoms with E-state index in [2.05, 4.69) is 99.0 Å². The summed E-state index contributed by atoms with van der Waals surface area (Å²) < 4.78 is 30.5. The molecular weight excluding hydrogens is 892 g/mol. The summed E-state index contributed by atoms with van der Waals surface area (Å²) in [7, 11) is 1.43. The summed E-state index contributed by atoms with van der Waals surface area (Å²) in [5, 5.41) is 2.99. The molecule has 0 aromatic heterocycles. The molecule has 70 heavy (non-hydrogen) atoms. The first-order valence-electron chi connectivity index (χ1n) is 28.1. The molecule has 0 aromatic carbocycles. The third kappa shape index (κ3) is 49.9. The first-order chi connectivity index (χ1) is 33.9. The molecule has 10 heteroatoms. The second kappa shape index (κ2) is 49.5. The zero-order valence-electron chi connectivity index (χ0n) is 45.7. The van der Waals surface area contributed by atoms with Crippen LogP contribution in [0.4, 0.5) is 0 Å². The second-order valence-corrected chi connectivity index (χ2v) is 21.2. The number of carbonyl (C=O) groups is 2. The van der Waals surface area contributed by atoms with Gasteiger partial charge in [-0.25, -0.2) is 4.57 Å². The van der Waals surface area contributed by atoms with Crippen molar-refractivity contribution in [2.45, 2.75) is 232 Å². The molecule has 0 radical (unpaired) electrons. The van der Waals surface area contributed by atoms with Crippen molar-refractivity contribution >= 4 is 19.7 Å². The molecule has 0 aliphatic rings. The van der Waals surface area contributed by atoms with Gasteiger partial charge in [0.15, 0.2) is 0 Å². The molecule has 0 rings (SSSR count). The number of phosphoric ester groups is 1. The van der Waals surface area contributed by atoms with Crippen LogP contribution >= 0.6 is 7.82 Å². The molecule has 0 aliphatic heterocycles. The average molecular weight is 998 g/mol. The van der Waals surface area contributed by atoms with Crippen LogP contribution in [0.3, 0.4) is 0 Å². The normalized spacial score (nSPS) is 14.6. The molecule has 3 unspecified atom stereocenters. The van der Waals surface area contributed by atoms with E-state index in [9.17, 15) is 19.0 Å². The highest BCUT2D eigenvalue weighted by molar-refractivity contribution is 7.47. The fraction of sp³-hybridized carbons (Fsp3) is 0.700. The van der Waals surface area contributed by atoms with Crippen LogP contribution in [0.1, 0.15) is 220 Å². The lowest BCUT2D eigenvalue weighted by Gasteiger charge is -2.27. The van der Waals surface area contributed by atoms with Crippen molar-refractivity contribution in [3.63, 3.8) is 0 Å². The molecule has 0 saturated carbocycles. The molecule has 0 fully saturated rings. The Labute approximate surface area is 430 Å². The van der Waals surface area contributed by atoms with Crippen LogP contribution in [0.2, 0.25) is 0 Å². The van der Waals surface area contributed by atoms with E-state index in [1.165, 1.54) is 89.9 Å². The lowest BCUT2D eigenvalue weighted by molar-refractivity contribution is -0.870. The van der Waals surface area contributed by atoms with Gasteiger partial charge in [0.25, 0.3) is 0 Å². The summed E-state index contributed by atoms with van der Waals surface area (Å²) in [5.41, 5.74) is 0. The van der Waals surface area contributed by atoms with Gasteiger partial charge in [-0.2, -0.15) is 0 Å². The summed E-state index contributed by atoms with van der Waals surface area (Å²) in [6, 6.07) is -0.898. The molecule has 0 saturated heterocycles. The predicted octanol–water partition coefficient (Wildman–Crippen LogP) is 16.8. The number of esters is 1. The molecule has 0 heterocycles. The van der Waals surface area contributed by atoms with Crippen molar-refractivity contribution in [1.29, 1.82) is 0 Å². The van der Waals surface area contributed by atoms with Crippen LogP contribution in [0.25, 0.3) is 0 Å². The Kier molecular flexibility index (Phi) is 47.3. The number of likely N-dealkylation sites (N-methyl/N-ethyl adjacent to an activating group) is 1. The summed E-state index contributed by atoms with van der Waals surface area (Å²) in [5.74, 6) is -0.628. The highest BCUT2D eigenvalue weighted by Gasteiger charge is 2.30. The van der Waals surface area contributed by atoms with Crippen molar-refractivity contribution in [1.82, 2.24) is 5.32 Å². The quantitative estimate of drug-likeness (QED) is 0.0205. The van der Waals surface area contributed by atoms with Crippen LogP contribution < -0.4 is 5.32 Å². The summed E-state index contributed by atoms with van der Waals surface area (Å²) in [6.45, 7) is 6.80. The number of nitrogens with one attached hydrogen (secondary N) is 1. The van der Waals surface area contributed by atoms with Gasteiger partial charge in [-0.3, -0.25) is 18.6 Å². The van der Waals surface area contributed by atoms with Gasteiger partial charge in [0.2, 0.25) is 5.91 Å². The van der Waals surface area contributed by atoms with E-state index in [4.69, 9.17) is 13.8 Å². The van der Waals surface area contributed by atoms with Gasteiger partial charge in [-0.05, 0) is 96.0 Å². The van der Waals surface area contributed by atoms with Crippen molar-refractivity contribution < 1.29 is 37.3 Å². The van der Waals surface area contributed by atoms with Crippen LogP contribution in [-0.2, 0) is 27.9 Å². The van der Waals surface area contributed by atoms with Gasteiger partial charge in [-0.15, -0.1) is 0 Å². The third-order valence-electron chi connectivity index (χ3n) is 11.8. The zero-order valence-corrected chi connectivity index (χ0v) is 46.6. The number of allylic oxidation sites excluding steroid dienone is 15. The molecular formula is C60H106N2O7P+. The van der Waals surface area contributed by atoms with E-state index in [0.29, 0.717) is 23.9 Å². The smallest absolute Gasteiger partial charge is 0.456 e. The van der Waals surface area contributed by atoms with E-state index in [-0.39, 0.29) is 37.9 Å². The van der Waals surface area contributed by atoms with Crippen molar-refractivity contribution in [3.8, 4) is 0 Å². The Balaban J connectivity index is 5.51. The summed E-state index contributed by atoms with van der Waals surface area (Å²) in [4.78, 5) is 37.5. The predicted molar refractivity (Wildman–Crippen MR) is 300 cm³/mol. The highest BCUT2D eigenvalue weighted by Crippen LogP contribution is 2.43. The number of quaternary nitrogens is 1. The zero-order chi connectivity index (χ0) is 51.5. The third-order valence-corrected chi connectivity index (χ3v) is 12.8. The minimum atomic E-state index is -4.47. The maximum atomic E-state index is 13.4. The number of ether oxygens (including phenoxy) is 1. The Morgan fingerprint density at radius 2 is 0.929 bits per heavy atom. The number of hydrogen-bond donors (Lipinski definition) is 2. The highest BCUT2D eigenvalue weighted by atomic mass is 31.2. The molecule has 3 atom stereocenters. The van der Waals surface area contributed by atoms with Gasteiger partial charge in [-0.1, -0.05) is 208 Å². The SMILES string of the molecule is CC/C=C\C/C=C\C/C=C\C/C=C\C/C=C\C/C=C\CCC(=O)NC(COP(=O)(O)OCC[N+](C)(C)C)C(/C=C\CCCCCCCCCCCC)OC(=O)CCCCC/C=C\CCCCCCCC. The Morgan fingerprint density at radius 1 is 0.514 bits per heavy atom. The van der Waals surface area contributed by atoms with Gasteiger partial charge in [0.05, 0.1) is 33.8 Å². The first kappa shape index (κ1) is 66.9. The van der Waals surface area contributed by atoms with Crippen molar-refractivity contribution in [3.05, 3.63) is 97.2 Å². The van der Waals surface area contributed by atoms with Gasteiger partial charge < -0.3 is 19.4 Å². The van der Waals surface area contributed by atoms with Crippen molar-refractivity contribution in [2.24, 2.45) is 0 Å². The number of nitrogens with zero attached hydrogens (tertiary/aromatic N) is 1. The fourth-order valence-electron chi connectivity index (χ4n) is 7.43. The topological polar surface area (TPSA) is 111 Å². The van der Waals surface area contributed by atoms with Gasteiger partial charge >= 0.3 is 13.8 Å². The van der Waals surface area contributed by atoms with E-state index in [1.54, 1.807) is 0 Å². The molecule has 0 aliphatic carbocycles. The number of amides is 1. The largest absolute Gasteiger partial charge is 0.472 e. The number of rotatable bonds is 49. The van der Waals surface area contributed by atoms with Crippen LogP contribution in [-0.4, -0.2) is 74.3 Å². The lowest BCUT2D eigenvalue weighted by Crippen LogP contribution is -2.47. The number of unbranched alkanes of at least 4 members (excludes halogenated alkanes) is 19. The first-order valence-corrected chi connectivity index (χ1v) is 29.6. The number of carbonyl (C=O) groups excluding carboxylic acids is 2. The monoisotopic (exact) mass is 998 g/mol. The van der Waals surface area contributed by atoms with E-state index in [1.807, 2.05) is 45.4 Å². The molecule has 0 spiro atoms. The maximum Gasteiger partial charge on any atom is 0.472 e. The molecule has 1 amide bonds. The Hall–Kier alpha value is -3.07. The Bertz CT molecular complexity index is 1520. The average Bonchev–Trinajstić information content (AvgIpc) is 3.32. The van der Waals surface area contributed by atoms with Crippen LogP contribution in [0.5, 0.6) is 0 Å². The number of hydrogen-bond acceptors (Lipinski definition) is 6. The van der Waals surface area contributed by atoms with Gasteiger partial charge in [0.1, 0.15) is 19.3 Å². The standard InChI is InChI=1S/C60H105N2O7P/c1-7-10-13-16-19-22-25-28-29-30-31-32-33-35-37-40-43-46-49-52-59(63)61-57(56-68-70(65,66)67-55-54-62(4,5)6)58(51-48-45-42-39-36-27-24-21-18-15-12-9-3)69-60(64)53-50-47-44-41-38-34-26-23-20-17-14-11-8-2/h10,13,19,22,28-29,31-32,34-35,37-38,43,46,48,51,57-58H,7-9,11-12,14-18,20-21,23-27,30,33,36,39-42,44-45,47,49-50,52-56H2,1-6H3,(H-,61,63,65,66)/p+1/b13-10-,22-19-,29-28-,32-31-,37-35-,38-34-,46-43-,51-48-. The van der Waals surface area contributed by atoms with E-state index in [0.717, 1.165) is 83.5 Å². The van der Waals surface area contributed by atoms with E-state index < -0.39 is 20.0 Å². The lowest BCUT2D eigenvalue weighted by atomic mass is 10.1. The summed E-state index contributed by atoms with van der Waals surface area (Å²) in [6.07, 6.45) is 65.6. The fourth-order valence-corrected chi connectivity index (χ4v) is 8.16. The number of phosphoric acid groups is 1. The minimum Gasteiger partial charge on any atom is -0.456 e.